The minimum Gasteiger partial charge on any atom is -0.320 e. The second kappa shape index (κ2) is 7.54. The van der Waals surface area contributed by atoms with Crippen molar-refractivity contribution in [1.29, 1.82) is 0 Å². The van der Waals surface area contributed by atoms with Crippen molar-refractivity contribution < 1.29 is 8.78 Å². The molecule has 0 spiro atoms. The zero-order valence-electron chi connectivity index (χ0n) is 16.4. The molecule has 2 heterocycles. The molecule has 146 valence electrons. The standard InChI is InChI=1S/C23H20F2N4/c1-14(2)29-21-13-5-4-10-19(21)28-23(29)20-12-7-11-18(27-20)15(3)26-22-16(24)8-6-9-17(22)25/h4-14H,1-3H3. The molecule has 0 aliphatic heterocycles. The van der Waals surface area contributed by atoms with Crippen LogP contribution in [0.15, 0.2) is 65.7 Å². The van der Waals surface area contributed by atoms with Gasteiger partial charge in [0.15, 0.2) is 17.5 Å². The third-order valence-electron chi connectivity index (χ3n) is 4.68. The summed E-state index contributed by atoms with van der Waals surface area (Å²) in [6, 6.07) is 17.3. The third kappa shape index (κ3) is 3.53. The van der Waals surface area contributed by atoms with Gasteiger partial charge in [-0.05, 0) is 57.2 Å². The Morgan fingerprint density at radius 2 is 1.59 bits per heavy atom. The fourth-order valence-electron chi connectivity index (χ4n) is 3.33. The van der Waals surface area contributed by atoms with E-state index in [4.69, 9.17) is 4.98 Å². The summed E-state index contributed by atoms with van der Waals surface area (Å²) in [7, 11) is 0. The number of aliphatic imine (C=N–C) groups is 1. The highest BCUT2D eigenvalue weighted by Crippen LogP contribution is 2.28. The average molecular weight is 390 g/mol. The number of para-hydroxylation sites is 3. The summed E-state index contributed by atoms with van der Waals surface area (Å²) in [6.45, 7) is 5.87. The maximum atomic E-state index is 13.9. The molecule has 0 aliphatic rings. The van der Waals surface area contributed by atoms with E-state index in [2.05, 4.69) is 28.4 Å². The summed E-state index contributed by atoms with van der Waals surface area (Å²) in [6.07, 6.45) is 0. The van der Waals surface area contributed by atoms with Gasteiger partial charge in [0.25, 0.3) is 0 Å². The van der Waals surface area contributed by atoms with Crippen LogP contribution >= 0.6 is 0 Å². The Morgan fingerprint density at radius 3 is 2.31 bits per heavy atom. The SMILES string of the molecule is CC(=Nc1c(F)cccc1F)c1cccc(-c2nc3ccccc3n2C(C)C)n1. The van der Waals surface area contributed by atoms with Gasteiger partial charge in [-0.3, -0.25) is 0 Å². The van der Waals surface area contributed by atoms with E-state index in [1.165, 1.54) is 18.2 Å². The molecule has 0 bridgehead atoms. The largest absolute Gasteiger partial charge is 0.320 e. The normalized spacial score (nSPS) is 12.1. The van der Waals surface area contributed by atoms with Crippen LogP contribution in [-0.4, -0.2) is 20.2 Å². The summed E-state index contributed by atoms with van der Waals surface area (Å²) in [5.41, 5.74) is 3.24. The average Bonchev–Trinajstić information content (AvgIpc) is 3.11. The fraction of sp³-hybridized carbons (Fsp3) is 0.174. The van der Waals surface area contributed by atoms with Crippen molar-refractivity contribution in [3.05, 3.63) is 78.0 Å². The highest BCUT2D eigenvalue weighted by molar-refractivity contribution is 5.99. The quantitative estimate of drug-likeness (QED) is 0.395. The van der Waals surface area contributed by atoms with Crippen molar-refractivity contribution in [3.63, 3.8) is 0 Å². The summed E-state index contributed by atoms with van der Waals surface area (Å²) >= 11 is 0. The van der Waals surface area contributed by atoms with Crippen molar-refractivity contribution in [2.24, 2.45) is 4.99 Å². The second-order valence-electron chi connectivity index (χ2n) is 7.06. The van der Waals surface area contributed by atoms with Gasteiger partial charge in [0.2, 0.25) is 0 Å². The molecule has 0 unspecified atom stereocenters. The van der Waals surface area contributed by atoms with Gasteiger partial charge in [0.05, 0.1) is 22.4 Å². The number of hydrogen-bond acceptors (Lipinski definition) is 3. The molecular weight excluding hydrogens is 370 g/mol. The van der Waals surface area contributed by atoms with E-state index in [0.717, 1.165) is 16.9 Å². The summed E-state index contributed by atoms with van der Waals surface area (Å²) < 4.78 is 30.0. The van der Waals surface area contributed by atoms with Gasteiger partial charge in [-0.15, -0.1) is 0 Å². The smallest absolute Gasteiger partial charge is 0.160 e. The van der Waals surface area contributed by atoms with E-state index in [-0.39, 0.29) is 11.7 Å². The van der Waals surface area contributed by atoms with E-state index >= 15 is 0 Å². The van der Waals surface area contributed by atoms with Crippen molar-refractivity contribution >= 4 is 22.4 Å². The minimum atomic E-state index is -0.706. The molecule has 0 fully saturated rings. The van der Waals surface area contributed by atoms with Crippen molar-refractivity contribution in [2.75, 3.05) is 0 Å². The molecule has 2 aromatic carbocycles. The summed E-state index contributed by atoms with van der Waals surface area (Å²) in [5.74, 6) is -0.669. The van der Waals surface area contributed by atoms with E-state index in [0.29, 0.717) is 17.1 Å². The minimum absolute atomic E-state index is 0.185. The van der Waals surface area contributed by atoms with Gasteiger partial charge in [-0.1, -0.05) is 24.3 Å². The van der Waals surface area contributed by atoms with Crippen molar-refractivity contribution in [3.8, 4) is 11.5 Å². The van der Waals surface area contributed by atoms with E-state index in [1.807, 2.05) is 36.4 Å². The molecule has 4 rings (SSSR count). The predicted octanol–water partition coefficient (Wildman–Crippen LogP) is 6.10. The zero-order chi connectivity index (χ0) is 20.5. The Bertz CT molecular complexity index is 1200. The number of pyridine rings is 1. The van der Waals surface area contributed by atoms with Crippen LogP contribution in [-0.2, 0) is 0 Å². The maximum absolute atomic E-state index is 13.9. The first kappa shape index (κ1) is 18.9. The van der Waals surface area contributed by atoms with E-state index in [1.54, 1.807) is 13.0 Å². The molecule has 0 radical (unpaired) electrons. The maximum Gasteiger partial charge on any atom is 0.160 e. The van der Waals surface area contributed by atoms with Gasteiger partial charge >= 0.3 is 0 Å². The van der Waals surface area contributed by atoms with Crippen LogP contribution in [0.5, 0.6) is 0 Å². The number of nitrogens with zero attached hydrogens (tertiary/aromatic N) is 4. The number of hydrogen-bond donors (Lipinski definition) is 0. The Hall–Kier alpha value is -3.41. The third-order valence-corrected chi connectivity index (χ3v) is 4.68. The molecule has 4 nitrogen and oxygen atoms in total. The van der Waals surface area contributed by atoms with Crippen LogP contribution in [0, 0.1) is 11.6 Å². The fourth-order valence-corrected chi connectivity index (χ4v) is 3.33. The van der Waals surface area contributed by atoms with Gasteiger partial charge in [0, 0.05) is 6.04 Å². The van der Waals surface area contributed by atoms with Crippen LogP contribution in [0.2, 0.25) is 0 Å². The van der Waals surface area contributed by atoms with Crippen LogP contribution in [0.1, 0.15) is 32.5 Å². The highest BCUT2D eigenvalue weighted by Gasteiger charge is 2.16. The van der Waals surface area contributed by atoms with Gasteiger partial charge in [-0.25, -0.2) is 23.7 Å². The second-order valence-corrected chi connectivity index (χ2v) is 7.06. The Morgan fingerprint density at radius 1 is 0.897 bits per heavy atom. The molecule has 2 aromatic heterocycles. The number of imidazole rings is 1. The van der Waals surface area contributed by atoms with E-state index in [9.17, 15) is 8.78 Å². The lowest BCUT2D eigenvalue weighted by Gasteiger charge is -2.13. The number of aromatic nitrogens is 3. The number of benzene rings is 2. The Balaban J connectivity index is 1.82. The number of halogens is 2. The molecule has 6 heteroatoms. The highest BCUT2D eigenvalue weighted by atomic mass is 19.1. The summed E-state index contributed by atoms with van der Waals surface area (Å²) in [5, 5.41) is 0. The Kier molecular flexibility index (Phi) is 4.92. The zero-order valence-corrected chi connectivity index (χ0v) is 16.4. The molecule has 0 aliphatic carbocycles. The van der Waals surface area contributed by atoms with Gasteiger partial charge in [-0.2, -0.15) is 0 Å². The molecular formula is C23H20F2N4. The lowest BCUT2D eigenvalue weighted by atomic mass is 10.2. The first-order valence-corrected chi connectivity index (χ1v) is 9.40. The van der Waals surface area contributed by atoms with Crippen molar-refractivity contribution in [1.82, 2.24) is 14.5 Å². The molecule has 4 aromatic rings. The molecule has 29 heavy (non-hydrogen) atoms. The topological polar surface area (TPSA) is 43.1 Å². The van der Waals surface area contributed by atoms with Crippen LogP contribution < -0.4 is 0 Å². The monoisotopic (exact) mass is 390 g/mol. The lowest BCUT2D eigenvalue weighted by molar-refractivity contribution is 0.587. The molecule has 0 N–H and O–H groups in total. The van der Waals surface area contributed by atoms with Crippen molar-refractivity contribution in [2.45, 2.75) is 26.8 Å². The van der Waals surface area contributed by atoms with Crippen LogP contribution in [0.4, 0.5) is 14.5 Å². The van der Waals surface area contributed by atoms with Crippen LogP contribution in [0.3, 0.4) is 0 Å². The van der Waals surface area contributed by atoms with Gasteiger partial charge in [0.1, 0.15) is 11.4 Å². The molecule has 0 saturated carbocycles. The van der Waals surface area contributed by atoms with E-state index < -0.39 is 11.6 Å². The predicted molar refractivity (Wildman–Crippen MR) is 112 cm³/mol. The van der Waals surface area contributed by atoms with Crippen LogP contribution in [0.25, 0.3) is 22.6 Å². The molecule has 0 amide bonds. The number of fused-ring (bicyclic) bond motifs is 1. The number of rotatable bonds is 4. The molecule has 0 atom stereocenters. The van der Waals surface area contributed by atoms with Gasteiger partial charge < -0.3 is 4.57 Å². The molecule has 0 saturated heterocycles. The lowest BCUT2D eigenvalue weighted by Crippen LogP contribution is -2.06. The summed E-state index contributed by atoms with van der Waals surface area (Å²) in [4.78, 5) is 13.6. The Labute approximate surface area is 167 Å². The first-order chi connectivity index (χ1) is 14.0. The first-order valence-electron chi connectivity index (χ1n) is 9.40.